The van der Waals surface area contributed by atoms with Crippen LogP contribution < -0.4 is 9.62 Å². The fourth-order valence-electron chi connectivity index (χ4n) is 5.13. The van der Waals surface area contributed by atoms with Gasteiger partial charge in [-0.15, -0.1) is 0 Å². The lowest BCUT2D eigenvalue weighted by molar-refractivity contribution is -0.123. The highest BCUT2D eigenvalue weighted by molar-refractivity contribution is 7.92. The predicted octanol–water partition coefficient (Wildman–Crippen LogP) is 4.50. The Hall–Kier alpha value is -2.35. The van der Waals surface area contributed by atoms with E-state index >= 15 is 0 Å². The van der Waals surface area contributed by atoms with Crippen LogP contribution in [0.1, 0.15) is 13.3 Å². The minimum absolute atomic E-state index is 0.0184. The minimum atomic E-state index is -4.08. The Morgan fingerprint density at radius 3 is 2.52 bits per heavy atom. The van der Waals surface area contributed by atoms with Gasteiger partial charge in [0.15, 0.2) is 0 Å². The van der Waals surface area contributed by atoms with Crippen LogP contribution in [0.5, 0.6) is 0 Å². The predicted molar refractivity (Wildman–Crippen MR) is 119 cm³/mol. The summed E-state index contributed by atoms with van der Waals surface area (Å²) in [5, 5.41) is 0.355. The molecule has 4 atom stereocenters. The van der Waals surface area contributed by atoms with Crippen molar-refractivity contribution in [3.63, 3.8) is 0 Å². The maximum atomic E-state index is 13.2. The number of halogens is 2. The summed E-state index contributed by atoms with van der Waals surface area (Å²) in [6, 6.07) is 10.4. The van der Waals surface area contributed by atoms with E-state index in [-0.39, 0.29) is 56.8 Å². The average molecular weight is 477 g/mol. The first-order valence-corrected chi connectivity index (χ1v) is 12.1. The zero-order valence-electron chi connectivity index (χ0n) is 16.4. The Morgan fingerprint density at radius 1 is 1.03 bits per heavy atom. The van der Waals surface area contributed by atoms with Gasteiger partial charge in [-0.3, -0.25) is 14.3 Å². The van der Waals surface area contributed by atoms with Crippen molar-refractivity contribution in [3.05, 3.63) is 64.2 Å². The summed E-state index contributed by atoms with van der Waals surface area (Å²) in [4.78, 5) is 27.2. The number of carbonyl (C=O) groups is 2. The monoisotopic (exact) mass is 476 g/mol. The van der Waals surface area contributed by atoms with Gasteiger partial charge in [-0.2, -0.15) is 0 Å². The van der Waals surface area contributed by atoms with Crippen molar-refractivity contribution in [1.82, 2.24) is 0 Å². The van der Waals surface area contributed by atoms with Crippen molar-refractivity contribution < 1.29 is 18.0 Å². The second-order valence-electron chi connectivity index (χ2n) is 8.21. The van der Waals surface area contributed by atoms with Crippen LogP contribution in [-0.4, -0.2) is 20.2 Å². The molecule has 2 aliphatic carbocycles. The molecule has 2 aromatic rings. The van der Waals surface area contributed by atoms with Crippen LogP contribution in [0.4, 0.5) is 11.4 Å². The molecule has 6 nitrogen and oxygen atoms in total. The average Bonchev–Trinajstić information content (AvgIpc) is 3.33. The van der Waals surface area contributed by atoms with Gasteiger partial charge < -0.3 is 0 Å². The number of anilines is 2. The number of allylic oxidation sites excluding steroid dienone is 2. The highest BCUT2D eigenvalue weighted by Gasteiger charge is 2.61. The van der Waals surface area contributed by atoms with Gasteiger partial charge in [0.25, 0.3) is 10.0 Å². The second kappa shape index (κ2) is 7.08. The molecule has 160 valence electrons. The quantitative estimate of drug-likeness (QED) is 0.520. The van der Waals surface area contributed by atoms with Crippen molar-refractivity contribution in [2.45, 2.75) is 18.2 Å². The number of rotatable bonds is 4. The van der Waals surface area contributed by atoms with Crippen LogP contribution in [0.3, 0.4) is 0 Å². The normalized spacial score (nSPS) is 26.9. The van der Waals surface area contributed by atoms with Crippen molar-refractivity contribution in [2.75, 3.05) is 9.62 Å². The SMILES string of the molecule is CC1=CC2CC1C1C(=O)N(c3ccc(Cl)c(S(=O)(=O)Nc4cccc(Cl)c4)c3)C(=O)C21. The first-order valence-electron chi connectivity index (χ1n) is 9.81. The van der Waals surface area contributed by atoms with E-state index in [0.717, 1.165) is 16.9 Å². The maximum absolute atomic E-state index is 13.2. The van der Waals surface area contributed by atoms with Crippen LogP contribution >= 0.6 is 23.2 Å². The molecule has 3 aliphatic rings. The number of amides is 2. The molecular formula is C22H18Cl2N2O4S. The fraction of sp³-hybridized carbons (Fsp3) is 0.273. The largest absolute Gasteiger partial charge is 0.280 e. The lowest BCUT2D eigenvalue weighted by Gasteiger charge is -2.19. The molecule has 2 bridgehead atoms. The number of sulfonamides is 1. The van der Waals surface area contributed by atoms with Crippen molar-refractivity contribution >= 4 is 56.4 Å². The Bertz CT molecular complexity index is 1270. The zero-order valence-corrected chi connectivity index (χ0v) is 18.7. The summed E-state index contributed by atoms with van der Waals surface area (Å²) < 4.78 is 28.4. The van der Waals surface area contributed by atoms with Gasteiger partial charge in [-0.25, -0.2) is 13.3 Å². The lowest BCUT2D eigenvalue weighted by Crippen LogP contribution is -2.33. The maximum Gasteiger partial charge on any atom is 0.263 e. The number of hydrogen-bond acceptors (Lipinski definition) is 4. The first-order chi connectivity index (χ1) is 14.7. The Balaban J connectivity index is 1.50. The first kappa shape index (κ1) is 20.5. The molecule has 0 aromatic heterocycles. The zero-order chi connectivity index (χ0) is 22.1. The number of carbonyl (C=O) groups excluding carboxylic acids is 2. The van der Waals surface area contributed by atoms with E-state index in [9.17, 15) is 18.0 Å². The van der Waals surface area contributed by atoms with E-state index in [1.54, 1.807) is 18.2 Å². The van der Waals surface area contributed by atoms with Crippen LogP contribution in [0.25, 0.3) is 0 Å². The molecule has 1 N–H and O–H groups in total. The lowest BCUT2D eigenvalue weighted by atomic mass is 9.82. The molecule has 1 saturated heterocycles. The number of benzene rings is 2. The molecule has 5 rings (SSSR count). The van der Waals surface area contributed by atoms with E-state index in [1.807, 2.05) is 6.92 Å². The summed E-state index contributed by atoms with van der Waals surface area (Å²) in [6.07, 6.45) is 2.92. The molecule has 4 unspecified atom stereocenters. The molecule has 2 aromatic carbocycles. The minimum Gasteiger partial charge on any atom is -0.280 e. The van der Waals surface area contributed by atoms with Gasteiger partial charge in [0, 0.05) is 5.02 Å². The number of nitrogens with zero attached hydrogens (tertiary/aromatic N) is 1. The molecule has 1 heterocycles. The highest BCUT2D eigenvalue weighted by atomic mass is 35.5. The Labute approximate surface area is 189 Å². The van der Waals surface area contributed by atoms with Crippen LogP contribution in [0, 0.1) is 23.7 Å². The smallest absolute Gasteiger partial charge is 0.263 e. The Kier molecular flexibility index (Phi) is 4.70. The van der Waals surface area contributed by atoms with Crippen LogP contribution in [0.15, 0.2) is 59.0 Å². The number of hydrogen-bond donors (Lipinski definition) is 1. The standard InChI is InChI=1S/C22H18Cl2N2O4S/c1-11-7-12-8-16(11)20-19(12)21(27)26(22(20)28)15-5-6-17(24)18(10-15)31(29,30)25-14-4-2-3-13(23)9-14/h2-7,9-10,12,16,19-20,25H,8H2,1H3. The third-order valence-corrected chi connectivity index (χ3v) is 8.52. The van der Waals surface area contributed by atoms with Crippen molar-refractivity contribution in [2.24, 2.45) is 23.7 Å². The summed E-state index contributed by atoms with van der Waals surface area (Å²) in [5.74, 6) is -1.15. The van der Waals surface area contributed by atoms with E-state index in [0.29, 0.717) is 5.02 Å². The van der Waals surface area contributed by atoms with Gasteiger partial charge in [-0.05, 0) is 61.6 Å². The van der Waals surface area contributed by atoms with Crippen molar-refractivity contribution in [1.29, 1.82) is 0 Å². The molecule has 2 fully saturated rings. The third-order valence-electron chi connectivity index (χ3n) is 6.42. The molecule has 31 heavy (non-hydrogen) atoms. The van der Waals surface area contributed by atoms with Gasteiger partial charge in [0.1, 0.15) is 4.90 Å². The summed E-state index contributed by atoms with van der Waals surface area (Å²) >= 11 is 12.1. The molecular weight excluding hydrogens is 459 g/mol. The third kappa shape index (κ3) is 3.18. The van der Waals surface area contributed by atoms with Crippen LogP contribution in [0.2, 0.25) is 10.0 Å². The topological polar surface area (TPSA) is 83.6 Å². The van der Waals surface area contributed by atoms with Gasteiger partial charge in [-0.1, -0.05) is 40.9 Å². The number of nitrogens with one attached hydrogen (secondary N) is 1. The fourth-order valence-corrected chi connectivity index (χ4v) is 6.89. The molecule has 0 radical (unpaired) electrons. The van der Waals surface area contributed by atoms with Gasteiger partial charge >= 0.3 is 0 Å². The van der Waals surface area contributed by atoms with E-state index in [1.165, 1.54) is 24.3 Å². The number of fused-ring (bicyclic) bond motifs is 5. The molecule has 1 saturated carbocycles. The van der Waals surface area contributed by atoms with E-state index in [2.05, 4.69) is 10.8 Å². The summed E-state index contributed by atoms with van der Waals surface area (Å²) in [6.45, 7) is 2.00. The summed E-state index contributed by atoms with van der Waals surface area (Å²) in [7, 11) is -4.08. The van der Waals surface area contributed by atoms with Gasteiger partial charge in [0.2, 0.25) is 11.8 Å². The number of imide groups is 1. The highest BCUT2D eigenvalue weighted by Crippen LogP contribution is 2.56. The Morgan fingerprint density at radius 2 is 1.77 bits per heavy atom. The second-order valence-corrected chi connectivity index (χ2v) is 10.7. The molecule has 0 spiro atoms. The summed E-state index contributed by atoms with van der Waals surface area (Å²) in [5.41, 5.74) is 1.63. The van der Waals surface area contributed by atoms with Gasteiger partial charge in [0.05, 0.1) is 28.2 Å². The van der Waals surface area contributed by atoms with E-state index < -0.39 is 10.0 Å². The van der Waals surface area contributed by atoms with Crippen LogP contribution in [-0.2, 0) is 19.6 Å². The molecule has 9 heteroatoms. The van der Waals surface area contributed by atoms with Crippen molar-refractivity contribution in [3.8, 4) is 0 Å². The molecule has 2 amide bonds. The van der Waals surface area contributed by atoms with E-state index in [4.69, 9.17) is 23.2 Å². The molecule has 1 aliphatic heterocycles.